The Bertz CT molecular complexity index is 447. The van der Waals surface area contributed by atoms with Crippen LogP contribution in [0.2, 0.25) is 0 Å². The second-order valence-electron chi connectivity index (χ2n) is 3.75. The zero-order valence-electron chi connectivity index (χ0n) is 9.23. The first-order valence-electron chi connectivity index (χ1n) is 5.38. The highest BCUT2D eigenvalue weighted by Crippen LogP contribution is 2.31. The highest BCUT2D eigenvalue weighted by molar-refractivity contribution is 6.05. The number of nitrogens with zero attached hydrogens (tertiary/aromatic N) is 1. The molecule has 0 fully saturated rings. The fraction of sp³-hybridized carbons (Fsp3) is 0.308. The minimum Gasteiger partial charge on any atom is -0.372 e. The molecule has 1 aliphatic rings. The van der Waals surface area contributed by atoms with Gasteiger partial charge in [0.1, 0.15) is 6.04 Å². The quantitative estimate of drug-likeness (QED) is 0.762. The fourth-order valence-corrected chi connectivity index (χ4v) is 1.92. The van der Waals surface area contributed by atoms with Gasteiger partial charge in [-0.25, -0.2) is 0 Å². The molecule has 1 N–H and O–H groups in total. The Labute approximate surface area is 95.5 Å². The average Bonchev–Trinajstić information content (AvgIpc) is 2.32. The van der Waals surface area contributed by atoms with Crippen LogP contribution in [0.5, 0.6) is 0 Å². The number of terminal acetylenes is 1. The molecular weight excluding hydrogens is 200 g/mol. The van der Waals surface area contributed by atoms with Crippen LogP contribution in [0.4, 0.5) is 11.4 Å². The lowest BCUT2D eigenvalue weighted by molar-refractivity contribution is -0.119. The molecule has 0 saturated carbocycles. The van der Waals surface area contributed by atoms with Gasteiger partial charge in [-0.3, -0.25) is 9.69 Å². The highest BCUT2D eigenvalue weighted by Gasteiger charge is 2.30. The van der Waals surface area contributed by atoms with Crippen LogP contribution in [0, 0.1) is 12.3 Å². The Morgan fingerprint density at radius 2 is 2.25 bits per heavy atom. The Morgan fingerprint density at radius 3 is 2.94 bits per heavy atom. The summed E-state index contributed by atoms with van der Waals surface area (Å²) in [6.45, 7) is 2.31. The lowest BCUT2D eigenvalue weighted by Crippen LogP contribution is -2.47. The van der Waals surface area contributed by atoms with Crippen LogP contribution < -0.4 is 10.2 Å². The molecule has 0 aromatic heterocycles. The molecular formula is C13H14N2O. The van der Waals surface area contributed by atoms with Gasteiger partial charge in [0, 0.05) is 0 Å². The molecule has 0 spiro atoms. The first-order valence-corrected chi connectivity index (χ1v) is 5.38. The summed E-state index contributed by atoms with van der Waals surface area (Å²) in [5.41, 5.74) is 1.85. The van der Waals surface area contributed by atoms with Crippen molar-refractivity contribution in [2.24, 2.45) is 0 Å². The van der Waals surface area contributed by atoms with E-state index < -0.39 is 0 Å². The lowest BCUT2D eigenvalue weighted by atomic mass is 10.1. The van der Waals surface area contributed by atoms with Gasteiger partial charge >= 0.3 is 0 Å². The molecule has 82 valence electrons. The van der Waals surface area contributed by atoms with Crippen molar-refractivity contribution in [1.82, 2.24) is 0 Å². The van der Waals surface area contributed by atoms with Gasteiger partial charge in [-0.1, -0.05) is 25.0 Å². The SMILES string of the molecule is C#CCN1C(=O)C(CC)Nc2ccccc21. The summed E-state index contributed by atoms with van der Waals surface area (Å²) in [5, 5.41) is 3.22. The number of nitrogens with one attached hydrogen (secondary N) is 1. The lowest BCUT2D eigenvalue weighted by Gasteiger charge is -2.33. The van der Waals surface area contributed by atoms with Gasteiger partial charge in [-0.15, -0.1) is 6.42 Å². The summed E-state index contributed by atoms with van der Waals surface area (Å²) in [6.07, 6.45) is 6.06. The number of amides is 1. The van der Waals surface area contributed by atoms with Gasteiger partial charge in [0.05, 0.1) is 17.9 Å². The van der Waals surface area contributed by atoms with Crippen molar-refractivity contribution in [2.45, 2.75) is 19.4 Å². The first kappa shape index (κ1) is 10.6. The zero-order valence-corrected chi connectivity index (χ0v) is 9.23. The minimum absolute atomic E-state index is 0.0548. The molecule has 1 aromatic carbocycles. The van der Waals surface area contributed by atoms with Crippen LogP contribution in [-0.2, 0) is 4.79 Å². The molecule has 1 unspecified atom stereocenters. The van der Waals surface area contributed by atoms with E-state index in [1.165, 1.54) is 0 Å². The predicted octanol–water partition coefficient (Wildman–Crippen LogP) is 1.86. The Morgan fingerprint density at radius 1 is 1.50 bits per heavy atom. The molecule has 16 heavy (non-hydrogen) atoms. The van der Waals surface area contributed by atoms with Crippen molar-refractivity contribution in [3.8, 4) is 12.3 Å². The van der Waals surface area contributed by atoms with Crippen LogP contribution in [0.1, 0.15) is 13.3 Å². The maximum absolute atomic E-state index is 12.1. The number of benzene rings is 1. The third-order valence-electron chi connectivity index (χ3n) is 2.75. The van der Waals surface area contributed by atoms with Crippen LogP contribution in [0.25, 0.3) is 0 Å². The monoisotopic (exact) mass is 214 g/mol. The standard InChI is InChI=1S/C13H14N2O/c1-3-9-15-12-8-6-5-7-11(12)14-10(4-2)13(15)16/h1,5-8,10,14H,4,9H2,2H3. The number of rotatable bonds is 2. The van der Waals surface area contributed by atoms with Crippen molar-refractivity contribution >= 4 is 17.3 Å². The number of hydrogen-bond donors (Lipinski definition) is 1. The van der Waals surface area contributed by atoms with Crippen LogP contribution in [0.15, 0.2) is 24.3 Å². The van der Waals surface area contributed by atoms with E-state index >= 15 is 0 Å². The number of carbonyl (C=O) groups excluding carboxylic acids is 1. The van der Waals surface area contributed by atoms with Crippen molar-refractivity contribution in [2.75, 3.05) is 16.8 Å². The molecule has 3 nitrogen and oxygen atoms in total. The van der Waals surface area contributed by atoms with Gasteiger partial charge in [0.25, 0.3) is 0 Å². The van der Waals surface area contributed by atoms with Crippen LogP contribution in [-0.4, -0.2) is 18.5 Å². The highest BCUT2D eigenvalue weighted by atomic mass is 16.2. The van der Waals surface area contributed by atoms with E-state index in [1.807, 2.05) is 31.2 Å². The molecule has 0 saturated heterocycles. The van der Waals surface area contributed by atoms with E-state index in [0.29, 0.717) is 6.54 Å². The molecule has 1 atom stereocenters. The summed E-state index contributed by atoms with van der Waals surface area (Å²) < 4.78 is 0. The van der Waals surface area contributed by atoms with E-state index in [4.69, 9.17) is 6.42 Å². The van der Waals surface area contributed by atoms with E-state index in [1.54, 1.807) is 4.90 Å². The Balaban J connectivity index is 2.43. The van der Waals surface area contributed by atoms with Gasteiger partial charge in [-0.05, 0) is 18.6 Å². The second kappa shape index (κ2) is 4.28. The van der Waals surface area contributed by atoms with Gasteiger partial charge in [0.15, 0.2) is 0 Å². The predicted molar refractivity (Wildman–Crippen MR) is 65.3 cm³/mol. The maximum atomic E-state index is 12.1. The normalized spacial score (nSPS) is 18.6. The zero-order chi connectivity index (χ0) is 11.5. The molecule has 0 aliphatic carbocycles. The summed E-state index contributed by atoms with van der Waals surface area (Å²) in [5.74, 6) is 2.59. The number of carbonyl (C=O) groups is 1. The van der Waals surface area contributed by atoms with Crippen molar-refractivity contribution in [3.63, 3.8) is 0 Å². The van der Waals surface area contributed by atoms with Crippen LogP contribution in [0.3, 0.4) is 0 Å². The van der Waals surface area contributed by atoms with E-state index in [9.17, 15) is 4.79 Å². The number of para-hydroxylation sites is 2. The molecule has 1 heterocycles. The molecule has 3 heteroatoms. The van der Waals surface area contributed by atoms with E-state index in [2.05, 4.69) is 11.2 Å². The van der Waals surface area contributed by atoms with Gasteiger partial charge in [0.2, 0.25) is 5.91 Å². The molecule has 1 aromatic rings. The maximum Gasteiger partial charge on any atom is 0.250 e. The second-order valence-corrected chi connectivity index (χ2v) is 3.75. The van der Waals surface area contributed by atoms with Crippen molar-refractivity contribution < 1.29 is 4.79 Å². The summed E-state index contributed by atoms with van der Waals surface area (Å²) in [6, 6.07) is 7.56. The van der Waals surface area contributed by atoms with E-state index in [0.717, 1.165) is 17.8 Å². The molecule has 1 amide bonds. The third-order valence-corrected chi connectivity index (χ3v) is 2.75. The number of hydrogen-bond acceptors (Lipinski definition) is 2. The summed E-state index contributed by atoms with van der Waals surface area (Å²) >= 11 is 0. The topological polar surface area (TPSA) is 32.3 Å². The van der Waals surface area contributed by atoms with Crippen molar-refractivity contribution in [1.29, 1.82) is 0 Å². The first-order chi connectivity index (χ1) is 7.77. The number of fused-ring (bicyclic) bond motifs is 1. The molecule has 1 aliphatic heterocycles. The van der Waals surface area contributed by atoms with E-state index in [-0.39, 0.29) is 11.9 Å². The molecule has 2 rings (SSSR count). The molecule has 0 radical (unpaired) electrons. The van der Waals surface area contributed by atoms with Crippen LogP contribution >= 0.6 is 0 Å². The smallest absolute Gasteiger partial charge is 0.250 e. The van der Waals surface area contributed by atoms with Gasteiger partial charge in [-0.2, -0.15) is 0 Å². The van der Waals surface area contributed by atoms with Crippen molar-refractivity contribution in [3.05, 3.63) is 24.3 Å². The number of anilines is 2. The average molecular weight is 214 g/mol. The van der Waals surface area contributed by atoms with Gasteiger partial charge < -0.3 is 5.32 Å². The third kappa shape index (κ3) is 1.63. The fourth-order valence-electron chi connectivity index (χ4n) is 1.92. The summed E-state index contributed by atoms with van der Waals surface area (Å²) in [4.78, 5) is 13.7. The Hall–Kier alpha value is -1.95. The minimum atomic E-state index is -0.164. The Kier molecular flexibility index (Phi) is 2.82. The molecule has 0 bridgehead atoms. The summed E-state index contributed by atoms with van der Waals surface area (Å²) in [7, 11) is 0. The largest absolute Gasteiger partial charge is 0.372 e.